The molecule has 1 unspecified atom stereocenters. The third-order valence-electron chi connectivity index (χ3n) is 5.53. The third-order valence-corrected chi connectivity index (χ3v) is 7.24. The van der Waals surface area contributed by atoms with Gasteiger partial charge in [0.15, 0.2) is 21.3 Å². The standard InChI is InChI=1S/C22H25NO6S/c1-27-17-6-4-16(5-7-17)19-3-2-11-23(19)22(24)10-14-30(25,26)18-8-9-20-21(15-18)29-13-12-28-20/h4-9,15,19H,2-3,10-14H2,1H3. The number of ether oxygens (including phenoxy) is 3. The quantitative estimate of drug-likeness (QED) is 0.699. The molecule has 1 fully saturated rings. The van der Waals surface area contributed by atoms with Crippen molar-refractivity contribution in [2.24, 2.45) is 0 Å². The molecular formula is C22H25NO6S. The van der Waals surface area contributed by atoms with E-state index in [1.807, 2.05) is 24.3 Å². The van der Waals surface area contributed by atoms with Crippen molar-refractivity contribution < 1.29 is 27.4 Å². The summed E-state index contributed by atoms with van der Waals surface area (Å²) in [4.78, 5) is 14.8. The molecule has 1 saturated heterocycles. The molecule has 0 aromatic heterocycles. The molecule has 30 heavy (non-hydrogen) atoms. The highest BCUT2D eigenvalue weighted by molar-refractivity contribution is 7.91. The Morgan fingerprint density at radius 1 is 1.10 bits per heavy atom. The van der Waals surface area contributed by atoms with Crippen LogP contribution >= 0.6 is 0 Å². The lowest BCUT2D eigenvalue weighted by atomic mass is 10.0. The molecule has 2 aromatic rings. The number of methoxy groups -OCH3 is 1. The van der Waals surface area contributed by atoms with Crippen LogP contribution in [0.1, 0.15) is 30.9 Å². The van der Waals surface area contributed by atoms with E-state index < -0.39 is 9.84 Å². The summed E-state index contributed by atoms with van der Waals surface area (Å²) in [7, 11) is -2.00. The Balaban J connectivity index is 1.42. The van der Waals surface area contributed by atoms with Gasteiger partial charge in [0.05, 0.1) is 23.8 Å². The Bertz CT molecular complexity index is 1020. The number of likely N-dealkylation sites (tertiary alicyclic amines) is 1. The Morgan fingerprint density at radius 3 is 2.57 bits per heavy atom. The molecule has 0 radical (unpaired) electrons. The first kappa shape index (κ1) is 20.5. The molecule has 0 N–H and O–H groups in total. The lowest BCUT2D eigenvalue weighted by molar-refractivity contribution is -0.131. The molecule has 0 aliphatic carbocycles. The Hall–Kier alpha value is -2.74. The van der Waals surface area contributed by atoms with Gasteiger partial charge in [0, 0.05) is 19.0 Å². The van der Waals surface area contributed by atoms with Crippen LogP contribution in [0.4, 0.5) is 0 Å². The third kappa shape index (κ3) is 4.23. The van der Waals surface area contributed by atoms with Gasteiger partial charge >= 0.3 is 0 Å². The summed E-state index contributed by atoms with van der Waals surface area (Å²) >= 11 is 0. The van der Waals surface area contributed by atoms with E-state index in [4.69, 9.17) is 14.2 Å². The van der Waals surface area contributed by atoms with E-state index in [0.717, 1.165) is 24.2 Å². The lowest BCUT2D eigenvalue weighted by Gasteiger charge is -2.25. The average molecular weight is 432 g/mol. The first-order valence-electron chi connectivity index (χ1n) is 10.0. The number of carbonyl (C=O) groups is 1. The Kier molecular flexibility index (Phi) is 5.85. The van der Waals surface area contributed by atoms with Crippen molar-refractivity contribution in [1.82, 2.24) is 4.90 Å². The van der Waals surface area contributed by atoms with Crippen molar-refractivity contribution >= 4 is 15.7 Å². The number of fused-ring (bicyclic) bond motifs is 1. The summed E-state index contributed by atoms with van der Waals surface area (Å²) in [5.74, 6) is 1.34. The summed E-state index contributed by atoms with van der Waals surface area (Å²) in [6.07, 6.45) is 1.72. The Labute approximate surface area is 176 Å². The molecule has 2 aromatic carbocycles. The molecule has 0 bridgehead atoms. The molecule has 2 aliphatic rings. The molecule has 0 spiro atoms. The molecule has 8 heteroatoms. The number of carbonyl (C=O) groups excluding carboxylic acids is 1. The molecule has 2 heterocycles. The van der Waals surface area contributed by atoms with E-state index in [0.29, 0.717) is 31.3 Å². The minimum absolute atomic E-state index is 0.0274. The van der Waals surface area contributed by atoms with Gasteiger partial charge in [0.1, 0.15) is 19.0 Å². The van der Waals surface area contributed by atoms with Gasteiger partial charge in [-0.15, -0.1) is 0 Å². The summed E-state index contributed by atoms with van der Waals surface area (Å²) in [5, 5.41) is 0. The van der Waals surface area contributed by atoms with Gasteiger partial charge in [-0.05, 0) is 42.7 Å². The zero-order chi connectivity index (χ0) is 21.1. The molecular weight excluding hydrogens is 406 g/mol. The minimum atomic E-state index is -3.61. The molecule has 4 rings (SSSR count). The van der Waals surface area contributed by atoms with Gasteiger partial charge in [-0.2, -0.15) is 0 Å². The fourth-order valence-corrected chi connectivity index (χ4v) is 5.18. The van der Waals surface area contributed by atoms with E-state index in [9.17, 15) is 13.2 Å². The maximum Gasteiger partial charge on any atom is 0.224 e. The van der Waals surface area contributed by atoms with Crippen LogP contribution < -0.4 is 14.2 Å². The van der Waals surface area contributed by atoms with Crippen LogP contribution in [0.15, 0.2) is 47.4 Å². The van der Waals surface area contributed by atoms with E-state index in [-0.39, 0.29) is 29.0 Å². The number of benzene rings is 2. The number of hydrogen-bond acceptors (Lipinski definition) is 6. The highest BCUT2D eigenvalue weighted by Gasteiger charge is 2.31. The zero-order valence-corrected chi connectivity index (χ0v) is 17.7. The molecule has 1 atom stereocenters. The fourth-order valence-electron chi connectivity index (χ4n) is 3.94. The van der Waals surface area contributed by atoms with Crippen molar-refractivity contribution in [3.63, 3.8) is 0 Å². The maximum absolute atomic E-state index is 12.9. The van der Waals surface area contributed by atoms with Crippen molar-refractivity contribution in [3.8, 4) is 17.2 Å². The van der Waals surface area contributed by atoms with Crippen LogP contribution in [0.3, 0.4) is 0 Å². The van der Waals surface area contributed by atoms with Gasteiger partial charge in [-0.3, -0.25) is 4.79 Å². The summed E-state index contributed by atoms with van der Waals surface area (Å²) in [6.45, 7) is 1.47. The van der Waals surface area contributed by atoms with E-state index in [2.05, 4.69) is 0 Å². The predicted octanol–water partition coefficient (Wildman–Crippen LogP) is 2.99. The van der Waals surface area contributed by atoms with Gasteiger partial charge in [-0.25, -0.2) is 8.42 Å². The van der Waals surface area contributed by atoms with Crippen LogP contribution in [0, 0.1) is 0 Å². The van der Waals surface area contributed by atoms with Crippen molar-refractivity contribution in [3.05, 3.63) is 48.0 Å². The van der Waals surface area contributed by atoms with Crippen molar-refractivity contribution in [1.29, 1.82) is 0 Å². The van der Waals surface area contributed by atoms with Gasteiger partial charge in [-0.1, -0.05) is 12.1 Å². The SMILES string of the molecule is COc1ccc(C2CCCN2C(=O)CCS(=O)(=O)c2ccc3c(c2)OCCO3)cc1. The molecule has 0 saturated carbocycles. The summed E-state index contributed by atoms with van der Waals surface area (Å²) in [6, 6.07) is 12.2. The first-order valence-corrected chi connectivity index (χ1v) is 11.7. The highest BCUT2D eigenvalue weighted by atomic mass is 32.2. The maximum atomic E-state index is 12.9. The summed E-state index contributed by atoms with van der Waals surface area (Å²) in [5.41, 5.74) is 1.04. The monoisotopic (exact) mass is 431 g/mol. The molecule has 160 valence electrons. The van der Waals surface area contributed by atoms with Crippen LogP contribution in [0.2, 0.25) is 0 Å². The highest BCUT2D eigenvalue weighted by Crippen LogP contribution is 2.34. The van der Waals surface area contributed by atoms with Gasteiger partial charge in [0.2, 0.25) is 5.91 Å². The number of amides is 1. The number of rotatable bonds is 6. The second kappa shape index (κ2) is 8.55. The topological polar surface area (TPSA) is 82.1 Å². The van der Waals surface area contributed by atoms with Crippen LogP contribution in [-0.2, 0) is 14.6 Å². The molecule has 7 nitrogen and oxygen atoms in total. The number of nitrogens with zero attached hydrogens (tertiary/aromatic N) is 1. The molecule has 1 amide bonds. The Morgan fingerprint density at radius 2 is 1.83 bits per heavy atom. The number of hydrogen-bond donors (Lipinski definition) is 0. The second-order valence-electron chi connectivity index (χ2n) is 7.39. The lowest BCUT2D eigenvalue weighted by Crippen LogP contribution is -2.31. The molecule has 2 aliphatic heterocycles. The van der Waals surface area contributed by atoms with Crippen molar-refractivity contribution in [2.45, 2.75) is 30.2 Å². The van der Waals surface area contributed by atoms with Crippen LogP contribution in [-0.4, -0.2) is 51.8 Å². The fraction of sp³-hybridized carbons (Fsp3) is 0.409. The smallest absolute Gasteiger partial charge is 0.224 e. The second-order valence-corrected chi connectivity index (χ2v) is 9.50. The van der Waals surface area contributed by atoms with Crippen LogP contribution in [0.5, 0.6) is 17.2 Å². The first-order chi connectivity index (χ1) is 14.5. The van der Waals surface area contributed by atoms with E-state index in [1.165, 1.54) is 12.1 Å². The summed E-state index contributed by atoms with van der Waals surface area (Å²) < 4.78 is 41.7. The predicted molar refractivity (Wildman–Crippen MR) is 111 cm³/mol. The largest absolute Gasteiger partial charge is 0.497 e. The van der Waals surface area contributed by atoms with Crippen LogP contribution in [0.25, 0.3) is 0 Å². The van der Waals surface area contributed by atoms with E-state index >= 15 is 0 Å². The normalized spacial score (nSPS) is 18.3. The van der Waals surface area contributed by atoms with Gasteiger partial charge < -0.3 is 19.1 Å². The van der Waals surface area contributed by atoms with Gasteiger partial charge in [0.25, 0.3) is 0 Å². The zero-order valence-electron chi connectivity index (χ0n) is 16.9. The van der Waals surface area contributed by atoms with E-state index in [1.54, 1.807) is 18.1 Å². The number of sulfone groups is 1. The average Bonchev–Trinajstić information content (AvgIpc) is 3.27. The van der Waals surface area contributed by atoms with Crippen molar-refractivity contribution in [2.75, 3.05) is 32.6 Å². The minimum Gasteiger partial charge on any atom is -0.497 e.